The molecule has 0 saturated heterocycles. The number of nitro groups is 1. The van der Waals surface area contributed by atoms with Crippen molar-refractivity contribution in [2.75, 3.05) is 5.32 Å². The van der Waals surface area contributed by atoms with Gasteiger partial charge in [0.2, 0.25) is 5.82 Å². The molecule has 20 heavy (non-hydrogen) atoms. The minimum atomic E-state index is -0.590. The summed E-state index contributed by atoms with van der Waals surface area (Å²) in [4.78, 5) is 14.2. The largest absolute Gasteiger partial charge is 0.508 e. The first-order chi connectivity index (χ1) is 9.60. The number of hydrogen-bond donors (Lipinski definition) is 2. The second-order valence-electron chi connectivity index (χ2n) is 3.98. The number of aromatic nitrogens is 1. The van der Waals surface area contributed by atoms with Gasteiger partial charge in [-0.15, -0.1) is 0 Å². The summed E-state index contributed by atoms with van der Waals surface area (Å²) in [5.41, 5.74) is 0.720. The Morgan fingerprint density at radius 1 is 1.40 bits per heavy atom. The Bertz CT molecular complexity index is 677. The van der Waals surface area contributed by atoms with Gasteiger partial charge >= 0.3 is 5.69 Å². The van der Waals surface area contributed by atoms with Crippen molar-refractivity contribution in [2.24, 2.45) is 0 Å². The molecular formula is C13H10N4O3. The second-order valence-corrected chi connectivity index (χ2v) is 3.98. The van der Waals surface area contributed by atoms with Crippen LogP contribution in [0.1, 0.15) is 11.1 Å². The molecule has 0 fully saturated rings. The molecule has 100 valence electrons. The maximum atomic E-state index is 10.9. The molecule has 0 saturated carbocycles. The fourth-order valence-corrected chi connectivity index (χ4v) is 1.59. The lowest BCUT2D eigenvalue weighted by Gasteiger charge is -2.06. The van der Waals surface area contributed by atoms with Crippen molar-refractivity contribution in [3.8, 4) is 11.8 Å². The van der Waals surface area contributed by atoms with Gasteiger partial charge in [0.05, 0.1) is 10.5 Å². The average molecular weight is 270 g/mol. The van der Waals surface area contributed by atoms with E-state index in [0.717, 1.165) is 5.56 Å². The van der Waals surface area contributed by atoms with Gasteiger partial charge in [0.15, 0.2) is 0 Å². The van der Waals surface area contributed by atoms with Crippen molar-refractivity contribution in [3.05, 3.63) is 57.8 Å². The number of aromatic hydroxyl groups is 1. The fraction of sp³-hybridized carbons (Fsp3) is 0.0769. The molecule has 1 heterocycles. The number of anilines is 1. The summed E-state index contributed by atoms with van der Waals surface area (Å²) in [7, 11) is 0. The van der Waals surface area contributed by atoms with E-state index in [4.69, 9.17) is 10.4 Å². The first kappa shape index (κ1) is 13.3. The normalized spacial score (nSPS) is 9.75. The number of pyridine rings is 1. The summed E-state index contributed by atoms with van der Waals surface area (Å²) in [6, 6.07) is 9.42. The molecule has 0 aliphatic rings. The van der Waals surface area contributed by atoms with Gasteiger partial charge in [0, 0.05) is 18.8 Å². The highest BCUT2D eigenvalue weighted by Gasteiger charge is 2.16. The van der Waals surface area contributed by atoms with Crippen molar-refractivity contribution in [3.63, 3.8) is 0 Å². The van der Waals surface area contributed by atoms with E-state index in [1.54, 1.807) is 18.2 Å². The van der Waals surface area contributed by atoms with E-state index in [-0.39, 0.29) is 22.8 Å². The lowest BCUT2D eigenvalue weighted by Crippen LogP contribution is -2.05. The molecule has 7 nitrogen and oxygen atoms in total. The highest BCUT2D eigenvalue weighted by atomic mass is 16.6. The summed E-state index contributed by atoms with van der Waals surface area (Å²) in [5, 5.41) is 31.6. The predicted octanol–water partition coefficient (Wildman–Crippen LogP) is 2.18. The zero-order valence-electron chi connectivity index (χ0n) is 10.3. The van der Waals surface area contributed by atoms with Gasteiger partial charge in [-0.25, -0.2) is 4.98 Å². The summed E-state index contributed by atoms with van der Waals surface area (Å²) in [6.07, 6.45) is 1.27. The maximum absolute atomic E-state index is 10.9. The van der Waals surface area contributed by atoms with Crippen LogP contribution in [0.4, 0.5) is 11.5 Å². The van der Waals surface area contributed by atoms with Crippen molar-refractivity contribution < 1.29 is 10.0 Å². The van der Waals surface area contributed by atoms with Crippen LogP contribution in [0.2, 0.25) is 0 Å². The van der Waals surface area contributed by atoms with Gasteiger partial charge in [-0.3, -0.25) is 10.1 Å². The minimum absolute atomic E-state index is 0.0991. The predicted molar refractivity (Wildman–Crippen MR) is 71.0 cm³/mol. The lowest BCUT2D eigenvalue weighted by atomic mass is 10.2. The molecule has 0 aliphatic heterocycles. The van der Waals surface area contributed by atoms with Crippen LogP contribution in [-0.4, -0.2) is 15.0 Å². The molecule has 0 aliphatic carbocycles. The van der Waals surface area contributed by atoms with Gasteiger partial charge in [-0.2, -0.15) is 5.26 Å². The number of hydrogen-bond acceptors (Lipinski definition) is 6. The quantitative estimate of drug-likeness (QED) is 0.650. The molecule has 1 aromatic heterocycles. The summed E-state index contributed by atoms with van der Waals surface area (Å²) >= 11 is 0. The minimum Gasteiger partial charge on any atom is -0.508 e. The van der Waals surface area contributed by atoms with Gasteiger partial charge < -0.3 is 10.4 Å². The van der Waals surface area contributed by atoms with E-state index < -0.39 is 4.92 Å². The molecule has 2 aromatic rings. The smallest absolute Gasteiger partial charge is 0.312 e. The highest BCUT2D eigenvalue weighted by Crippen LogP contribution is 2.23. The number of rotatable bonds is 4. The van der Waals surface area contributed by atoms with Crippen molar-refractivity contribution in [2.45, 2.75) is 6.54 Å². The van der Waals surface area contributed by atoms with Crippen molar-refractivity contribution >= 4 is 11.5 Å². The molecule has 0 atom stereocenters. The molecule has 0 spiro atoms. The van der Waals surface area contributed by atoms with Gasteiger partial charge in [0.25, 0.3) is 0 Å². The third-order valence-corrected chi connectivity index (χ3v) is 2.59. The molecule has 2 rings (SSSR count). The standard InChI is InChI=1S/C13H10N4O3/c14-6-10-5-12(17(19)20)13(16-8-10)15-7-9-1-3-11(18)4-2-9/h1-5,8,18H,7H2,(H,15,16). The Balaban J connectivity index is 2.19. The summed E-state index contributed by atoms with van der Waals surface area (Å²) in [6.45, 7) is 0.319. The van der Waals surface area contributed by atoms with Crippen LogP contribution in [0.3, 0.4) is 0 Å². The maximum Gasteiger partial charge on any atom is 0.312 e. The van der Waals surface area contributed by atoms with E-state index in [9.17, 15) is 10.1 Å². The first-order valence-electron chi connectivity index (χ1n) is 5.66. The average Bonchev–Trinajstić information content (AvgIpc) is 2.46. The number of phenolic OH excluding ortho intramolecular Hbond substituents is 1. The Labute approximate surface area is 114 Å². The van der Waals surface area contributed by atoms with Gasteiger partial charge in [-0.05, 0) is 17.7 Å². The van der Waals surface area contributed by atoms with E-state index in [2.05, 4.69) is 10.3 Å². The number of phenols is 1. The monoisotopic (exact) mass is 270 g/mol. The first-order valence-corrected chi connectivity index (χ1v) is 5.66. The number of nitrogens with zero attached hydrogens (tertiary/aromatic N) is 3. The number of nitrogens with one attached hydrogen (secondary N) is 1. The van der Waals surface area contributed by atoms with E-state index in [1.165, 1.54) is 24.4 Å². The van der Waals surface area contributed by atoms with Gasteiger partial charge in [0.1, 0.15) is 11.8 Å². The van der Waals surface area contributed by atoms with Crippen LogP contribution in [-0.2, 0) is 6.54 Å². The number of nitriles is 1. The summed E-state index contributed by atoms with van der Waals surface area (Å²) in [5.74, 6) is 0.248. The summed E-state index contributed by atoms with van der Waals surface area (Å²) < 4.78 is 0. The molecule has 0 bridgehead atoms. The molecule has 0 radical (unpaired) electrons. The van der Waals surface area contributed by atoms with Crippen LogP contribution >= 0.6 is 0 Å². The Morgan fingerprint density at radius 3 is 2.70 bits per heavy atom. The van der Waals surface area contributed by atoms with Crippen molar-refractivity contribution in [1.29, 1.82) is 5.26 Å². The molecule has 0 amide bonds. The van der Waals surface area contributed by atoms with E-state index in [0.29, 0.717) is 6.54 Å². The molecule has 7 heteroatoms. The third kappa shape index (κ3) is 3.00. The molecule has 2 N–H and O–H groups in total. The van der Waals surface area contributed by atoms with Crippen LogP contribution < -0.4 is 5.32 Å². The second kappa shape index (κ2) is 5.67. The Kier molecular flexibility index (Phi) is 3.77. The Morgan fingerprint density at radius 2 is 2.10 bits per heavy atom. The molecular weight excluding hydrogens is 260 g/mol. The van der Waals surface area contributed by atoms with Crippen LogP contribution in [0.15, 0.2) is 36.5 Å². The zero-order valence-corrected chi connectivity index (χ0v) is 10.3. The van der Waals surface area contributed by atoms with Crippen molar-refractivity contribution in [1.82, 2.24) is 4.98 Å². The highest BCUT2D eigenvalue weighted by molar-refractivity contribution is 5.58. The third-order valence-electron chi connectivity index (χ3n) is 2.59. The fourth-order valence-electron chi connectivity index (χ4n) is 1.59. The SMILES string of the molecule is N#Cc1cnc(NCc2ccc(O)cc2)c([N+](=O)[O-])c1. The van der Waals surface area contributed by atoms with Crippen LogP contribution in [0, 0.1) is 21.4 Å². The topological polar surface area (TPSA) is 112 Å². The Hall–Kier alpha value is -3.14. The van der Waals surface area contributed by atoms with Gasteiger partial charge in [-0.1, -0.05) is 12.1 Å². The molecule has 1 aromatic carbocycles. The zero-order chi connectivity index (χ0) is 14.5. The van der Waals surface area contributed by atoms with Crippen LogP contribution in [0.5, 0.6) is 5.75 Å². The lowest BCUT2D eigenvalue weighted by molar-refractivity contribution is -0.384. The van der Waals surface area contributed by atoms with Crippen LogP contribution in [0.25, 0.3) is 0 Å². The molecule has 0 unspecified atom stereocenters. The number of benzene rings is 1. The van der Waals surface area contributed by atoms with E-state index >= 15 is 0 Å². The van der Waals surface area contributed by atoms with E-state index in [1.807, 2.05) is 0 Å².